The molecule has 0 saturated heterocycles. The van der Waals surface area contributed by atoms with Crippen LogP contribution in [0.4, 0.5) is 5.69 Å². The standard InChI is InChI=1S/C38H41Br2N3O5S/c1-2-48-34-21-19-33(20-22-34)43(49(46,47)35-23-17-31(40)18-24-35)27-37(44)42(26-29-13-15-30(39)16-14-29)36(25-28-9-5-3-6-10-28)38(45)41-32-11-7-4-8-12-32/h3,5-6,9-10,13-24,32,36H,2,4,7-8,11-12,25-27H2,1H3,(H,41,45)/t36-/m1/s1. The highest BCUT2D eigenvalue weighted by molar-refractivity contribution is 9.10. The van der Waals surface area contributed by atoms with Gasteiger partial charge >= 0.3 is 0 Å². The fourth-order valence-electron chi connectivity index (χ4n) is 6.02. The number of halogens is 2. The summed E-state index contributed by atoms with van der Waals surface area (Å²) in [7, 11) is -4.21. The van der Waals surface area contributed by atoms with Gasteiger partial charge < -0.3 is 15.0 Å². The highest BCUT2D eigenvalue weighted by Crippen LogP contribution is 2.28. The van der Waals surface area contributed by atoms with Gasteiger partial charge in [-0.2, -0.15) is 0 Å². The van der Waals surface area contributed by atoms with Crippen LogP contribution in [-0.2, 0) is 32.6 Å². The van der Waals surface area contributed by atoms with Crippen molar-refractivity contribution in [3.63, 3.8) is 0 Å². The van der Waals surface area contributed by atoms with Crippen molar-refractivity contribution in [2.45, 2.75) is 69.0 Å². The fourth-order valence-corrected chi connectivity index (χ4v) is 7.97. The predicted octanol–water partition coefficient (Wildman–Crippen LogP) is 7.89. The van der Waals surface area contributed by atoms with E-state index in [0.29, 0.717) is 18.0 Å². The number of nitrogens with zero attached hydrogens (tertiary/aromatic N) is 2. The molecule has 0 aromatic heterocycles. The van der Waals surface area contributed by atoms with Gasteiger partial charge in [-0.05, 0) is 91.6 Å². The van der Waals surface area contributed by atoms with Gasteiger partial charge in [0.1, 0.15) is 18.3 Å². The number of carbonyl (C=O) groups excluding carboxylic acids is 2. The van der Waals surface area contributed by atoms with Gasteiger partial charge in [-0.25, -0.2) is 8.42 Å². The van der Waals surface area contributed by atoms with Crippen molar-refractivity contribution in [3.05, 3.63) is 123 Å². The predicted molar refractivity (Wildman–Crippen MR) is 200 cm³/mol. The lowest BCUT2D eigenvalue weighted by atomic mass is 9.94. The van der Waals surface area contributed by atoms with Gasteiger partial charge in [-0.3, -0.25) is 13.9 Å². The number of hydrogen-bond acceptors (Lipinski definition) is 5. The Labute approximate surface area is 306 Å². The molecule has 2 amide bonds. The smallest absolute Gasteiger partial charge is 0.264 e. The summed E-state index contributed by atoms with van der Waals surface area (Å²) in [6.45, 7) is 1.91. The van der Waals surface area contributed by atoms with Crippen LogP contribution >= 0.6 is 31.9 Å². The maximum atomic E-state index is 14.7. The average molecular weight is 812 g/mol. The van der Waals surface area contributed by atoms with Crippen LogP contribution in [0, 0.1) is 0 Å². The van der Waals surface area contributed by atoms with Crippen molar-refractivity contribution < 1.29 is 22.7 Å². The first-order chi connectivity index (χ1) is 23.6. The summed E-state index contributed by atoms with van der Waals surface area (Å²) >= 11 is 6.86. The Morgan fingerprint density at radius 1 is 0.816 bits per heavy atom. The van der Waals surface area contributed by atoms with E-state index in [9.17, 15) is 18.0 Å². The first kappa shape index (κ1) is 36.6. The van der Waals surface area contributed by atoms with Crippen LogP contribution in [0.3, 0.4) is 0 Å². The molecule has 4 aromatic rings. The number of hydrogen-bond donors (Lipinski definition) is 1. The molecule has 1 aliphatic rings. The summed E-state index contributed by atoms with van der Waals surface area (Å²) in [6, 6.07) is 29.2. The minimum atomic E-state index is -4.21. The second-order valence-electron chi connectivity index (χ2n) is 12.1. The molecule has 4 aromatic carbocycles. The molecule has 8 nitrogen and oxygen atoms in total. The average Bonchev–Trinajstić information content (AvgIpc) is 3.11. The molecule has 1 aliphatic carbocycles. The molecule has 258 valence electrons. The second-order valence-corrected chi connectivity index (χ2v) is 15.8. The molecule has 0 unspecified atom stereocenters. The Morgan fingerprint density at radius 2 is 1.43 bits per heavy atom. The molecular formula is C38H41Br2N3O5S. The fraction of sp³-hybridized carbons (Fsp3) is 0.316. The van der Waals surface area contributed by atoms with Crippen LogP contribution in [0.5, 0.6) is 5.75 Å². The summed E-state index contributed by atoms with van der Waals surface area (Å²) in [6.07, 6.45) is 5.27. The van der Waals surface area contributed by atoms with Gasteiger partial charge in [-0.1, -0.05) is 93.6 Å². The van der Waals surface area contributed by atoms with E-state index in [1.165, 1.54) is 17.0 Å². The van der Waals surface area contributed by atoms with E-state index in [0.717, 1.165) is 56.5 Å². The van der Waals surface area contributed by atoms with Crippen LogP contribution in [0.25, 0.3) is 0 Å². The van der Waals surface area contributed by atoms with Crippen molar-refractivity contribution in [2.75, 3.05) is 17.5 Å². The summed E-state index contributed by atoms with van der Waals surface area (Å²) in [4.78, 5) is 30.5. The van der Waals surface area contributed by atoms with Gasteiger partial charge in [0.05, 0.1) is 17.2 Å². The van der Waals surface area contributed by atoms with Crippen molar-refractivity contribution in [1.82, 2.24) is 10.2 Å². The van der Waals surface area contributed by atoms with Crippen molar-refractivity contribution in [2.24, 2.45) is 0 Å². The van der Waals surface area contributed by atoms with Crippen LogP contribution < -0.4 is 14.4 Å². The molecule has 1 fully saturated rings. The maximum absolute atomic E-state index is 14.7. The van der Waals surface area contributed by atoms with Gasteiger partial charge in [0.25, 0.3) is 10.0 Å². The first-order valence-corrected chi connectivity index (χ1v) is 19.6. The number of sulfonamides is 1. The number of carbonyl (C=O) groups is 2. The molecule has 0 aliphatic heterocycles. The third-order valence-corrected chi connectivity index (χ3v) is 11.5. The van der Waals surface area contributed by atoms with Crippen LogP contribution in [0.2, 0.25) is 0 Å². The lowest BCUT2D eigenvalue weighted by molar-refractivity contribution is -0.140. The zero-order valence-electron chi connectivity index (χ0n) is 27.4. The summed E-state index contributed by atoms with van der Waals surface area (Å²) in [5.74, 6) is -0.167. The Morgan fingerprint density at radius 3 is 2.04 bits per heavy atom. The van der Waals surface area contributed by atoms with Gasteiger partial charge in [0, 0.05) is 28.0 Å². The Balaban J connectivity index is 1.56. The lowest BCUT2D eigenvalue weighted by Crippen LogP contribution is -2.55. The first-order valence-electron chi connectivity index (χ1n) is 16.5. The van der Waals surface area contributed by atoms with E-state index in [4.69, 9.17) is 4.74 Å². The van der Waals surface area contributed by atoms with Crippen LogP contribution in [0.1, 0.15) is 50.2 Å². The van der Waals surface area contributed by atoms with Gasteiger partial charge in [0.2, 0.25) is 11.8 Å². The molecule has 5 rings (SSSR count). The Bertz CT molecular complexity index is 1780. The highest BCUT2D eigenvalue weighted by Gasteiger charge is 2.35. The third kappa shape index (κ3) is 9.95. The summed E-state index contributed by atoms with van der Waals surface area (Å²) < 4.78 is 36.9. The maximum Gasteiger partial charge on any atom is 0.264 e. The lowest BCUT2D eigenvalue weighted by Gasteiger charge is -2.35. The number of rotatable bonds is 14. The molecule has 0 radical (unpaired) electrons. The topological polar surface area (TPSA) is 96.0 Å². The molecule has 49 heavy (non-hydrogen) atoms. The number of amides is 2. The molecule has 0 heterocycles. The van der Waals surface area contributed by atoms with Crippen molar-refractivity contribution in [3.8, 4) is 5.75 Å². The van der Waals surface area contributed by atoms with Crippen LogP contribution in [-0.4, -0.2) is 50.4 Å². The zero-order chi connectivity index (χ0) is 34.8. The largest absolute Gasteiger partial charge is 0.494 e. The highest BCUT2D eigenvalue weighted by atomic mass is 79.9. The number of benzene rings is 4. The van der Waals surface area contributed by atoms with E-state index in [-0.39, 0.29) is 29.8 Å². The monoisotopic (exact) mass is 809 g/mol. The number of nitrogens with one attached hydrogen (secondary N) is 1. The minimum Gasteiger partial charge on any atom is -0.494 e. The molecule has 1 saturated carbocycles. The van der Waals surface area contributed by atoms with E-state index >= 15 is 0 Å². The van der Waals surface area contributed by atoms with E-state index < -0.39 is 28.5 Å². The minimum absolute atomic E-state index is 0.0299. The van der Waals surface area contributed by atoms with E-state index in [1.54, 1.807) is 36.4 Å². The molecular weight excluding hydrogens is 770 g/mol. The molecule has 11 heteroatoms. The Kier molecular flexibility index (Phi) is 12.9. The number of anilines is 1. The van der Waals surface area contributed by atoms with Crippen LogP contribution in [0.15, 0.2) is 117 Å². The quantitative estimate of drug-likeness (QED) is 0.140. The second kappa shape index (κ2) is 17.3. The normalized spacial score (nSPS) is 14.1. The van der Waals surface area contributed by atoms with Crippen molar-refractivity contribution >= 4 is 59.4 Å². The van der Waals surface area contributed by atoms with Gasteiger partial charge in [0.15, 0.2) is 0 Å². The molecule has 0 spiro atoms. The SMILES string of the molecule is CCOc1ccc(N(CC(=O)N(Cc2ccc(Br)cc2)[C@H](Cc2ccccc2)C(=O)NC2CCCCC2)S(=O)(=O)c2ccc(Br)cc2)cc1. The number of ether oxygens (including phenoxy) is 1. The Hall–Kier alpha value is -3.67. The summed E-state index contributed by atoms with van der Waals surface area (Å²) in [5, 5.41) is 3.24. The van der Waals surface area contributed by atoms with E-state index in [2.05, 4.69) is 37.2 Å². The third-order valence-electron chi connectivity index (χ3n) is 8.61. The molecule has 1 N–H and O–H groups in total. The van der Waals surface area contributed by atoms with Gasteiger partial charge in [-0.15, -0.1) is 0 Å². The zero-order valence-corrected chi connectivity index (χ0v) is 31.4. The van der Waals surface area contributed by atoms with E-state index in [1.807, 2.05) is 61.5 Å². The molecule has 1 atom stereocenters. The molecule has 0 bridgehead atoms. The summed E-state index contributed by atoms with van der Waals surface area (Å²) in [5.41, 5.74) is 2.00. The van der Waals surface area contributed by atoms with Crippen molar-refractivity contribution in [1.29, 1.82) is 0 Å².